The summed E-state index contributed by atoms with van der Waals surface area (Å²) in [5.41, 5.74) is 1.79. The largest absolute Gasteiger partial charge is 0.497 e. The van der Waals surface area contributed by atoms with Crippen LogP contribution in [0.2, 0.25) is 0 Å². The van der Waals surface area contributed by atoms with Gasteiger partial charge in [-0.2, -0.15) is 0 Å². The van der Waals surface area contributed by atoms with Gasteiger partial charge in [0.25, 0.3) is 5.56 Å². The Morgan fingerprint density at radius 1 is 0.964 bits per heavy atom. The molecule has 0 aliphatic carbocycles. The lowest BCUT2D eigenvalue weighted by molar-refractivity contribution is 0.414. The Bertz CT molecular complexity index is 1230. The van der Waals surface area contributed by atoms with Crippen molar-refractivity contribution >= 4 is 23.1 Å². The second-order valence-electron chi connectivity index (χ2n) is 6.21. The first-order valence-corrected chi connectivity index (χ1v) is 8.75. The summed E-state index contributed by atoms with van der Waals surface area (Å²) in [6, 6.07) is 20.6. The van der Waals surface area contributed by atoms with Gasteiger partial charge in [-0.15, -0.1) is 0 Å². The zero-order chi connectivity index (χ0) is 19.5. The van der Waals surface area contributed by atoms with Crippen LogP contribution in [0.4, 0.5) is 4.39 Å². The normalized spacial score (nSPS) is 11.2. The van der Waals surface area contributed by atoms with E-state index >= 15 is 0 Å². The summed E-state index contributed by atoms with van der Waals surface area (Å²) in [5.74, 6) is 0.835. The highest BCUT2D eigenvalue weighted by atomic mass is 19.1. The summed E-state index contributed by atoms with van der Waals surface area (Å²) < 4.78 is 20.2. The molecule has 3 aromatic carbocycles. The van der Waals surface area contributed by atoms with E-state index in [2.05, 4.69) is 4.98 Å². The number of rotatable bonds is 4. The molecule has 0 unspecified atom stereocenters. The van der Waals surface area contributed by atoms with E-state index in [-0.39, 0.29) is 11.4 Å². The molecule has 5 heteroatoms. The summed E-state index contributed by atoms with van der Waals surface area (Å²) in [4.78, 5) is 17.8. The number of nitrogens with zero attached hydrogens (tertiary/aromatic N) is 2. The maximum atomic E-state index is 13.5. The molecule has 0 amide bonds. The quantitative estimate of drug-likeness (QED) is 0.521. The number of hydrogen-bond donors (Lipinski definition) is 0. The Kier molecular flexibility index (Phi) is 4.72. The van der Waals surface area contributed by atoms with Gasteiger partial charge in [0.05, 0.1) is 23.7 Å². The molecule has 0 radical (unpaired) electrons. The van der Waals surface area contributed by atoms with Crippen LogP contribution in [0.15, 0.2) is 77.6 Å². The van der Waals surface area contributed by atoms with E-state index in [1.165, 1.54) is 16.7 Å². The van der Waals surface area contributed by atoms with Crippen molar-refractivity contribution < 1.29 is 9.13 Å². The van der Waals surface area contributed by atoms with E-state index < -0.39 is 0 Å². The first kappa shape index (κ1) is 17.7. The molecular formula is C23H17FN2O2. The van der Waals surface area contributed by atoms with E-state index in [0.717, 1.165) is 0 Å². The molecule has 1 heterocycles. The molecule has 0 aliphatic heterocycles. The van der Waals surface area contributed by atoms with Crippen molar-refractivity contribution in [1.29, 1.82) is 0 Å². The molecule has 1 aromatic heterocycles. The third-order valence-corrected chi connectivity index (χ3v) is 4.41. The highest BCUT2D eigenvalue weighted by Gasteiger charge is 2.11. The number of benzene rings is 3. The van der Waals surface area contributed by atoms with Crippen LogP contribution in [0, 0.1) is 5.82 Å². The zero-order valence-corrected chi connectivity index (χ0v) is 15.2. The van der Waals surface area contributed by atoms with Crippen LogP contribution in [0.3, 0.4) is 0 Å². The first-order chi connectivity index (χ1) is 13.7. The second kappa shape index (κ2) is 7.48. The predicted molar refractivity (Wildman–Crippen MR) is 109 cm³/mol. The fraction of sp³-hybridized carbons (Fsp3) is 0.0435. The van der Waals surface area contributed by atoms with E-state index in [4.69, 9.17) is 4.74 Å². The number of ether oxygens (including phenoxy) is 1. The number of hydrogen-bond acceptors (Lipinski definition) is 3. The molecule has 0 spiro atoms. The van der Waals surface area contributed by atoms with Gasteiger partial charge in [0.1, 0.15) is 17.4 Å². The van der Waals surface area contributed by atoms with Gasteiger partial charge in [-0.05, 0) is 60.2 Å². The summed E-state index contributed by atoms with van der Waals surface area (Å²) >= 11 is 0. The van der Waals surface area contributed by atoms with Crippen LogP contribution in [0.25, 0.3) is 28.7 Å². The minimum absolute atomic E-state index is 0.172. The van der Waals surface area contributed by atoms with Gasteiger partial charge in [-0.3, -0.25) is 9.36 Å². The number of methoxy groups -OCH3 is 1. The second-order valence-corrected chi connectivity index (χ2v) is 6.21. The molecular weight excluding hydrogens is 355 g/mol. The van der Waals surface area contributed by atoms with Crippen molar-refractivity contribution in [3.05, 3.63) is 100 Å². The minimum Gasteiger partial charge on any atom is -0.497 e. The third kappa shape index (κ3) is 3.42. The number of fused-ring (bicyclic) bond motifs is 1. The summed E-state index contributed by atoms with van der Waals surface area (Å²) in [6.45, 7) is 0. The zero-order valence-electron chi connectivity index (χ0n) is 15.2. The predicted octanol–water partition coefficient (Wildman–Crippen LogP) is 4.70. The van der Waals surface area contributed by atoms with Crippen LogP contribution in [-0.4, -0.2) is 16.7 Å². The average molecular weight is 372 g/mol. The Labute approximate surface area is 161 Å². The summed E-state index contributed by atoms with van der Waals surface area (Å²) in [6.07, 6.45) is 3.45. The molecule has 0 N–H and O–H groups in total. The maximum absolute atomic E-state index is 13.5. The molecule has 0 saturated heterocycles. The van der Waals surface area contributed by atoms with Crippen LogP contribution >= 0.6 is 0 Å². The van der Waals surface area contributed by atoms with Crippen molar-refractivity contribution in [1.82, 2.24) is 9.55 Å². The first-order valence-electron chi connectivity index (χ1n) is 8.75. The molecule has 0 fully saturated rings. The Morgan fingerprint density at radius 3 is 2.50 bits per heavy atom. The van der Waals surface area contributed by atoms with Gasteiger partial charge in [0, 0.05) is 0 Å². The van der Waals surface area contributed by atoms with Crippen molar-refractivity contribution in [3.8, 4) is 11.4 Å². The van der Waals surface area contributed by atoms with E-state index in [9.17, 15) is 9.18 Å². The standard InChI is InChI=1S/C23H17FN2O2/c1-28-19-12-10-18(11-13-19)26-22(14-9-16-5-4-6-17(24)15-16)25-21-8-3-2-7-20(21)23(26)27/h2-15H,1H3/b14-9+. The van der Waals surface area contributed by atoms with E-state index in [1.807, 2.05) is 12.1 Å². The molecule has 138 valence electrons. The monoisotopic (exact) mass is 372 g/mol. The highest BCUT2D eigenvalue weighted by molar-refractivity contribution is 5.80. The Balaban J connectivity index is 1.91. The van der Waals surface area contributed by atoms with Gasteiger partial charge >= 0.3 is 0 Å². The van der Waals surface area contributed by atoms with Crippen LogP contribution in [0.5, 0.6) is 5.75 Å². The minimum atomic E-state index is -0.318. The van der Waals surface area contributed by atoms with Gasteiger partial charge in [-0.25, -0.2) is 9.37 Å². The van der Waals surface area contributed by atoms with Crippen molar-refractivity contribution in [2.75, 3.05) is 7.11 Å². The van der Waals surface area contributed by atoms with Crippen LogP contribution in [0.1, 0.15) is 11.4 Å². The van der Waals surface area contributed by atoms with E-state index in [0.29, 0.717) is 33.7 Å². The van der Waals surface area contributed by atoms with Gasteiger partial charge in [0.15, 0.2) is 0 Å². The van der Waals surface area contributed by atoms with Crippen molar-refractivity contribution in [2.45, 2.75) is 0 Å². The molecule has 4 aromatic rings. The number of halogens is 1. The molecule has 0 aliphatic rings. The topological polar surface area (TPSA) is 44.1 Å². The Hall–Kier alpha value is -3.73. The lowest BCUT2D eigenvalue weighted by Crippen LogP contribution is -2.22. The number of para-hydroxylation sites is 1. The maximum Gasteiger partial charge on any atom is 0.266 e. The highest BCUT2D eigenvalue weighted by Crippen LogP contribution is 2.18. The third-order valence-electron chi connectivity index (χ3n) is 4.41. The van der Waals surface area contributed by atoms with Crippen LogP contribution < -0.4 is 10.3 Å². The molecule has 0 saturated carbocycles. The lowest BCUT2D eigenvalue weighted by Gasteiger charge is -2.12. The van der Waals surface area contributed by atoms with Crippen molar-refractivity contribution in [2.24, 2.45) is 0 Å². The molecule has 0 bridgehead atoms. The van der Waals surface area contributed by atoms with Gasteiger partial charge < -0.3 is 4.74 Å². The number of aromatic nitrogens is 2. The Morgan fingerprint density at radius 2 is 1.75 bits per heavy atom. The molecule has 28 heavy (non-hydrogen) atoms. The molecule has 0 atom stereocenters. The summed E-state index contributed by atoms with van der Waals surface area (Å²) in [7, 11) is 1.59. The van der Waals surface area contributed by atoms with Crippen molar-refractivity contribution in [3.63, 3.8) is 0 Å². The lowest BCUT2D eigenvalue weighted by atomic mass is 10.2. The molecule has 4 rings (SSSR count). The smallest absolute Gasteiger partial charge is 0.266 e. The molecule has 4 nitrogen and oxygen atoms in total. The van der Waals surface area contributed by atoms with Gasteiger partial charge in [0.2, 0.25) is 0 Å². The van der Waals surface area contributed by atoms with Gasteiger partial charge in [-0.1, -0.05) is 30.3 Å². The van der Waals surface area contributed by atoms with Crippen LogP contribution in [-0.2, 0) is 0 Å². The van der Waals surface area contributed by atoms with E-state index in [1.54, 1.807) is 67.8 Å². The fourth-order valence-electron chi connectivity index (χ4n) is 3.02. The summed E-state index contributed by atoms with van der Waals surface area (Å²) in [5, 5.41) is 0.529. The average Bonchev–Trinajstić information content (AvgIpc) is 2.73. The fourth-order valence-corrected chi connectivity index (χ4v) is 3.02. The SMILES string of the molecule is COc1ccc(-n2c(/C=C/c3cccc(F)c3)nc3ccccc3c2=O)cc1.